The smallest absolute Gasteiger partial charge is 0.180 e. The van der Waals surface area contributed by atoms with Crippen molar-refractivity contribution in [1.82, 2.24) is 5.32 Å². The number of Topliss-reactive ketones (excluding diaryl/α,β-unsaturated/α-hetero) is 1. The third-order valence-corrected chi connectivity index (χ3v) is 3.95. The van der Waals surface area contributed by atoms with E-state index in [1.165, 1.54) is 6.42 Å². The van der Waals surface area contributed by atoms with Crippen LogP contribution in [0.25, 0.3) is 11.0 Å². The SMILES string of the molecule is CNC(C(=O)c1ccc2occc2c1)C1CCC1. The van der Waals surface area contributed by atoms with Crippen LogP contribution in [0, 0.1) is 5.92 Å². The maximum absolute atomic E-state index is 12.5. The predicted octanol–water partition coefficient (Wildman–Crippen LogP) is 3.00. The van der Waals surface area contributed by atoms with Crippen LogP contribution in [-0.4, -0.2) is 18.9 Å². The zero-order chi connectivity index (χ0) is 12.5. The van der Waals surface area contributed by atoms with Crippen LogP contribution in [0.15, 0.2) is 34.9 Å². The van der Waals surface area contributed by atoms with Gasteiger partial charge in [-0.15, -0.1) is 0 Å². The summed E-state index contributed by atoms with van der Waals surface area (Å²) in [6, 6.07) is 7.50. The fourth-order valence-corrected chi connectivity index (χ4v) is 2.65. The van der Waals surface area contributed by atoms with Crippen molar-refractivity contribution >= 4 is 16.8 Å². The average Bonchev–Trinajstić information content (AvgIpc) is 2.79. The quantitative estimate of drug-likeness (QED) is 0.839. The molecule has 0 radical (unpaired) electrons. The standard InChI is InChI=1S/C15H17NO2/c1-16-14(10-3-2-4-10)15(17)12-5-6-13-11(9-12)7-8-18-13/h5-10,14,16H,2-4H2,1H3. The fourth-order valence-electron chi connectivity index (χ4n) is 2.65. The molecule has 1 fully saturated rings. The number of likely N-dealkylation sites (N-methyl/N-ethyl adjacent to an activating group) is 1. The van der Waals surface area contributed by atoms with Gasteiger partial charge in [0.1, 0.15) is 5.58 Å². The number of fused-ring (bicyclic) bond motifs is 1. The first-order valence-electron chi connectivity index (χ1n) is 6.48. The number of rotatable bonds is 4. The molecule has 1 aromatic carbocycles. The number of nitrogens with one attached hydrogen (secondary N) is 1. The lowest BCUT2D eigenvalue weighted by atomic mass is 9.77. The summed E-state index contributed by atoms with van der Waals surface area (Å²) in [4.78, 5) is 12.5. The Hall–Kier alpha value is -1.61. The highest BCUT2D eigenvalue weighted by Crippen LogP contribution is 2.31. The van der Waals surface area contributed by atoms with Crippen molar-refractivity contribution < 1.29 is 9.21 Å². The van der Waals surface area contributed by atoms with Crippen molar-refractivity contribution in [2.24, 2.45) is 5.92 Å². The largest absolute Gasteiger partial charge is 0.464 e. The molecule has 1 atom stereocenters. The molecule has 2 aromatic rings. The first-order chi connectivity index (χ1) is 8.79. The molecular weight excluding hydrogens is 226 g/mol. The van der Waals surface area contributed by atoms with Crippen LogP contribution in [-0.2, 0) is 0 Å². The number of hydrogen-bond donors (Lipinski definition) is 1. The Kier molecular flexibility index (Phi) is 2.92. The Bertz CT molecular complexity index is 569. The van der Waals surface area contributed by atoms with E-state index >= 15 is 0 Å². The van der Waals surface area contributed by atoms with Gasteiger partial charge in [0.05, 0.1) is 12.3 Å². The Morgan fingerprint density at radius 3 is 2.89 bits per heavy atom. The highest BCUT2D eigenvalue weighted by molar-refractivity contribution is 6.02. The van der Waals surface area contributed by atoms with Crippen molar-refractivity contribution in [3.63, 3.8) is 0 Å². The Balaban J connectivity index is 1.89. The van der Waals surface area contributed by atoms with Gasteiger partial charge in [-0.1, -0.05) is 6.42 Å². The molecule has 18 heavy (non-hydrogen) atoms. The van der Waals surface area contributed by atoms with Gasteiger partial charge in [-0.3, -0.25) is 4.79 Å². The minimum atomic E-state index is -0.0388. The van der Waals surface area contributed by atoms with Crippen LogP contribution in [0.1, 0.15) is 29.6 Å². The minimum absolute atomic E-state index is 0.0388. The second kappa shape index (κ2) is 4.58. The van der Waals surface area contributed by atoms with Gasteiger partial charge < -0.3 is 9.73 Å². The highest BCUT2D eigenvalue weighted by atomic mass is 16.3. The van der Waals surface area contributed by atoms with Gasteiger partial charge >= 0.3 is 0 Å². The van der Waals surface area contributed by atoms with Crippen molar-refractivity contribution in [3.8, 4) is 0 Å². The summed E-state index contributed by atoms with van der Waals surface area (Å²) < 4.78 is 5.29. The number of ketones is 1. The zero-order valence-electron chi connectivity index (χ0n) is 10.5. The number of carbonyl (C=O) groups excluding carboxylic acids is 1. The number of hydrogen-bond acceptors (Lipinski definition) is 3. The van der Waals surface area contributed by atoms with Gasteiger partial charge in [0, 0.05) is 10.9 Å². The molecule has 1 aromatic heterocycles. The number of carbonyl (C=O) groups is 1. The fraction of sp³-hybridized carbons (Fsp3) is 0.400. The molecule has 3 nitrogen and oxygen atoms in total. The van der Waals surface area contributed by atoms with Crippen LogP contribution in [0.3, 0.4) is 0 Å². The molecule has 1 aliphatic carbocycles. The first-order valence-corrected chi connectivity index (χ1v) is 6.48. The first kappa shape index (κ1) is 11.5. The van der Waals surface area contributed by atoms with Gasteiger partial charge in [0.2, 0.25) is 0 Å². The molecule has 0 saturated heterocycles. The zero-order valence-corrected chi connectivity index (χ0v) is 10.5. The molecule has 0 aliphatic heterocycles. The average molecular weight is 243 g/mol. The highest BCUT2D eigenvalue weighted by Gasteiger charge is 2.31. The topological polar surface area (TPSA) is 42.2 Å². The number of benzene rings is 1. The summed E-state index contributed by atoms with van der Waals surface area (Å²) >= 11 is 0. The molecule has 1 unspecified atom stereocenters. The molecule has 3 heteroatoms. The van der Waals surface area contributed by atoms with E-state index in [0.717, 1.165) is 29.4 Å². The third kappa shape index (κ3) is 1.85. The van der Waals surface area contributed by atoms with Crippen LogP contribution in [0.5, 0.6) is 0 Å². The van der Waals surface area contributed by atoms with Crippen molar-refractivity contribution in [2.75, 3.05) is 7.05 Å². The maximum Gasteiger partial charge on any atom is 0.180 e. The Labute approximate surface area is 106 Å². The van der Waals surface area contributed by atoms with E-state index in [2.05, 4.69) is 5.32 Å². The van der Waals surface area contributed by atoms with Gasteiger partial charge in [-0.25, -0.2) is 0 Å². The van der Waals surface area contributed by atoms with Gasteiger partial charge in [0.25, 0.3) is 0 Å². The Morgan fingerprint density at radius 1 is 1.39 bits per heavy atom. The van der Waals surface area contributed by atoms with E-state index in [1.807, 2.05) is 31.3 Å². The summed E-state index contributed by atoms with van der Waals surface area (Å²) in [7, 11) is 1.87. The summed E-state index contributed by atoms with van der Waals surface area (Å²) in [5.41, 5.74) is 1.60. The van der Waals surface area contributed by atoms with E-state index in [1.54, 1.807) is 6.26 Å². The molecule has 0 spiro atoms. The second-order valence-electron chi connectivity index (χ2n) is 4.99. The van der Waals surface area contributed by atoms with E-state index in [9.17, 15) is 4.79 Å². The predicted molar refractivity (Wildman–Crippen MR) is 70.7 cm³/mol. The molecular formula is C15H17NO2. The summed E-state index contributed by atoms with van der Waals surface area (Å²) in [6.07, 6.45) is 5.22. The normalized spacial score (nSPS) is 17.6. The lowest BCUT2D eigenvalue weighted by Crippen LogP contribution is -2.43. The van der Waals surface area contributed by atoms with Gasteiger partial charge in [-0.05, 0) is 50.1 Å². The van der Waals surface area contributed by atoms with Crippen molar-refractivity contribution in [3.05, 3.63) is 36.1 Å². The lowest BCUT2D eigenvalue weighted by Gasteiger charge is -2.32. The second-order valence-corrected chi connectivity index (χ2v) is 4.99. The monoisotopic (exact) mass is 243 g/mol. The number of furan rings is 1. The summed E-state index contributed by atoms with van der Waals surface area (Å²) in [6.45, 7) is 0. The molecule has 1 saturated carbocycles. The molecule has 1 heterocycles. The summed E-state index contributed by atoms with van der Waals surface area (Å²) in [5, 5.41) is 4.16. The summed E-state index contributed by atoms with van der Waals surface area (Å²) in [5.74, 6) is 0.702. The van der Waals surface area contributed by atoms with E-state index in [4.69, 9.17) is 4.42 Å². The lowest BCUT2D eigenvalue weighted by molar-refractivity contribution is 0.0870. The van der Waals surface area contributed by atoms with E-state index in [-0.39, 0.29) is 11.8 Å². The molecule has 0 amide bonds. The third-order valence-electron chi connectivity index (χ3n) is 3.95. The molecule has 1 aliphatic rings. The molecule has 0 bridgehead atoms. The maximum atomic E-state index is 12.5. The van der Waals surface area contributed by atoms with E-state index in [0.29, 0.717) is 5.92 Å². The Morgan fingerprint density at radius 2 is 2.22 bits per heavy atom. The minimum Gasteiger partial charge on any atom is -0.464 e. The molecule has 1 N–H and O–H groups in total. The van der Waals surface area contributed by atoms with Crippen LogP contribution >= 0.6 is 0 Å². The van der Waals surface area contributed by atoms with Crippen LogP contribution < -0.4 is 5.32 Å². The van der Waals surface area contributed by atoms with Crippen LogP contribution in [0.2, 0.25) is 0 Å². The molecule has 3 rings (SSSR count). The van der Waals surface area contributed by atoms with Crippen molar-refractivity contribution in [1.29, 1.82) is 0 Å². The van der Waals surface area contributed by atoms with Crippen LogP contribution in [0.4, 0.5) is 0 Å². The molecule has 94 valence electrons. The van der Waals surface area contributed by atoms with Crippen molar-refractivity contribution in [2.45, 2.75) is 25.3 Å². The van der Waals surface area contributed by atoms with Gasteiger partial charge in [-0.2, -0.15) is 0 Å². The van der Waals surface area contributed by atoms with E-state index < -0.39 is 0 Å². The van der Waals surface area contributed by atoms with Gasteiger partial charge in [0.15, 0.2) is 5.78 Å².